The number of unbranched alkanes of at least 4 members (excludes halogenated alkanes) is 15. The fourth-order valence-electron chi connectivity index (χ4n) is 3.20. The summed E-state index contributed by atoms with van der Waals surface area (Å²) < 4.78 is 22.0. The first-order valence-electron chi connectivity index (χ1n) is 11.4. The predicted molar refractivity (Wildman–Crippen MR) is 120 cm³/mol. The van der Waals surface area contributed by atoms with Crippen molar-refractivity contribution in [3.05, 3.63) is 0 Å². The average Bonchev–Trinajstić information content (AvgIpc) is 2.55. The van der Waals surface area contributed by atoms with Crippen molar-refractivity contribution in [1.29, 1.82) is 0 Å². The van der Waals surface area contributed by atoms with E-state index in [1.165, 1.54) is 89.9 Å². The lowest BCUT2D eigenvalue weighted by atomic mass is 10.0. The van der Waals surface area contributed by atoms with E-state index in [4.69, 9.17) is 8.74 Å². The third-order valence-electron chi connectivity index (χ3n) is 4.64. The third-order valence-corrected chi connectivity index (χ3v) is 8.26. The number of rotatable bonds is 20. The minimum atomic E-state index is -3.84. The Labute approximate surface area is 170 Å². The average molecular weight is 423 g/mol. The van der Waals surface area contributed by atoms with Crippen molar-refractivity contribution >= 4 is 16.1 Å². The van der Waals surface area contributed by atoms with Crippen molar-refractivity contribution in [3.63, 3.8) is 0 Å². The van der Waals surface area contributed by atoms with Gasteiger partial charge in [-0.2, -0.15) is 0 Å². The van der Waals surface area contributed by atoms with Crippen LogP contribution in [0.25, 0.3) is 0 Å². The molecule has 0 fully saturated rings. The molecular formula is C21H47O4PSi. The Morgan fingerprint density at radius 1 is 0.667 bits per heavy atom. The summed E-state index contributed by atoms with van der Waals surface area (Å²) in [6.07, 6.45) is 21.1. The molecule has 0 aromatic carbocycles. The van der Waals surface area contributed by atoms with E-state index in [0.29, 0.717) is 6.61 Å². The van der Waals surface area contributed by atoms with Crippen LogP contribution in [0.3, 0.4) is 0 Å². The summed E-state index contributed by atoms with van der Waals surface area (Å²) in [5.74, 6) is 0. The van der Waals surface area contributed by atoms with Crippen LogP contribution in [0.15, 0.2) is 0 Å². The van der Waals surface area contributed by atoms with Crippen LogP contribution in [0.2, 0.25) is 19.6 Å². The summed E-state index contributed by atoms with van der Waals surface area (Å²) in [7, 11) is -5.89. The molecule has 6 heteroatoms. The molecule has 0 aliphatic carbocycles. The molecule has 0 heterocycles. The summed E-state index contributed by atoms with van der Waals surface area (Å²) in [5.41, 5.74) is 0. The fraction of sp³-hybridized carbons (Fsp3) is 1.00. The maximum atomic E-state index is 11.7. The van der Waals surface area contributed by atoms with Crippen LogP contribution in [0, 0.1) is 0 Å². The highest BCUT2D eigenvalue weighted by atomic mass is 31.2. The second-order valence-corrected chi connectivity index (χ2v) is 15.0. The molecule has 27 heavy (non-hydrogen) atoms. The summed E-state index contributed by atoms with van der Waals surface area (Å²) in [6.45, 7) is 8.24. The van der Waals surface area contributed by atoms with Gasteiger partial charge in [0.05, 0.1) is 6.61 Å². The highest BCUT2D eigenvalue weighted by molar-refractivity contribution is 7.49. The minimum Gasteiger partial charge on any atom is -0.330 e. The van der Waals surface area contributed by atoms with Gasteiger partial charge >= 0.3 is 7.82 Å². The molecule has 0 amide bonds. The van der Waals surface area contributed by atoms with Crippen molar-refractivity contribution in [2.75, 3.05) is 6.61 Å². The highest BCUT2D eigenvalue weighted by Crippen LogP contribution is 2.46. The Hall–Kier alpha value is 0.327. The fourth-order valence-corrected chi connectivity index (χ4v) is 6.54. The van der Waals surface area contributed by atoms with Gasteiger partial charge < -0.3 is 9.11 Å². The zero-order chi connectivity index (χ0) is 20.4. The molecule has 1 unspecified atom stereocenters. The molecule has 0 radical (unpaired) electrons. The number of phosphoric acid groups is 1. The molecule has 0 aromatic heterocycles. The van der Waals surface area contributed by atoms with Gasteiger partial charge in [-0.05, 0) is 26.1 Å². The van der Waals surface area contributed by atoms with E-state index in [-0.39, 0.29) is 0 Å². The lowest BCUT2D eigenvalue weighted by Crippen LogP contribution is -2.24. The van der Waals surface area contributed by atoms with Crippen LogP contribution in [0.1, 0.15) is 110 Å². The second-order valence-electron chi connectivity index (χ2n) is 8.81. The van der Waals surface area contributed by atoms with Crippen LogP contribution in [-0.2, 0) is 13.3 Å². The van der Waals surface area contributed by atoms with Gasteiger partial charge in [-0.1, -0.05) is 103 Å². The van der Waals surface area contributed by atoms with Gasteiger partial charge in [0.2, 0.25) is 0 Å². The molecule has 0 spiro atoms. The minimum absolute atomic E-state index is 0.316. The first-order valence-corrected chi connectivity index (χ1v) is 16.4. The van der Waals surface area contributed by atoms with Crippen molar-refractivity contribution in [2.24, 2.45) is 0 Å². The molecule has 0 aliphatic rings. The summed E-state index contributed by atoms with van der Waals surface area (Å²) in [6, 6.07) is 0. The molecule has 0 aliphatic heterocycles. The van der Waals surface area contributed by atoms with Gasteiger partial charge in [0.25, 0.3) is 0 Å². The molecule has 0 aromatic rings. The van der Waals surface area contributed by atoms with Crippen molar-refractivity contribution in [2.45, 2.75) is 129 Å². The second kappa shape index (κ2) is 17.2. The Balaban J connectivity index is 3.24. The van der Waals surface area contributed by atoms with Crippen molar-refractivity contribution in [3.8, 4) is 0 Å². The van der Waals surface area contributed by atoms with Crippen LogP contribution >= 0.6 is 7.82 Å². The smallest absolute Gasteiger partial charge is 0.330 e. The molecule has 164 valence electrons. The van der Waals surface area contributed by atoms with Crippen LogP contribution in [-0.4, -0.2) is 19.8 Å². The van der Waals surface area contributed by atoms with Gasteiger partial charge in [-0.3, -0.25) is 4.52 Å². The quantitative estimate of drug-likeness (QED) is 0.122. The number of phosphoric ester groups is 1. The van der Waals surface area contributed by atoms with Gasteiger partial charge in [0.15, 0.2) is 8.32 Å². The Morgan fingerprint density at radius 2 is 1.00 bits per heavy atom. The Kier molecular flexibility index (Phi) is 17.4. The molecule has 0 saturated heterocycles. The van der Waals surface area contributed by atoms with Gasteiger partial charge in [-0.25, -0.2) is 4.57 Å². The standard InChI is InChI=1S/C21H47O4PSi/c1-5-6-7-8-9-10-11-12-13-14-15-16-17-18-19-20-21-24-26(22,23)25-27(2,3)4/h5-21H2,1-4H3,(H,22,23). The topological polar surface area (TPSA) is 55.8 Å². The Morgan fingerprint density at radius 3 is 1.33 bits per heavy atom. The summed E-state index contributed by atoms with van der Waals surface area (Å²) in [4.78, 5) is 9.62. The van der Waals surface area contributed by atoms with E-state index in [1.807, 2.05) is 19.6 Å². The molecule has 0 saturated carbocycles. The van der Waals surface area contributed by atoms with Gasteiger partial charge in [0.1, 0.15) is 0 Å². The zero-order valence-electron chi connectivity index (χ0n) is 18.6. The van der Waals surface area contributed by atoms with E-state index in [9.17, 15) is 9.46 Å². The van der Waals surface area contributed by atoms with E-state index in [0.717, 1.165) is 12.8 Å². The maximum Gasteiger partial charge on any atom is 0.462 e. The zero-order valence-corrected chi connectivity index (χ0v) is 20.5. The van der Waals surface area contributed by atoms with E-state index >= 15 is 0 Å². The van der Waals surface area contributed by atoms with Gasteiger partial charge in [-0.15, -0.1) is 0 Å². The highest BCUT2D eigenvalue weighted by Gasteiger charge is 2.29. The lowest BCUT2D eigenvalue weighted by molar-refractivity contribution is 0.197. The third kappa shape index (κ3) is 22.5. The van der Waals surface area contributed by atoms with Crippen LogP contribution in [0.4, 0.5) is 0 Å². The van der Waals surface area contributed by atoms with Crippen LogP contribution < -0.4 is 0 Å². The predicted octanol–water partition coefficient (Wildman–Crippen LogP) is 8.22. The molecular weight excluding hydrogens is 375 g/mol. The maximum absolute atomic E-state index is 11.7. The molecule has 0 bridgehead atoms. The van der Waals surface area contributed by atoms with E-state index in [2.05, 4.69) is 6.92 Å². The number of hydrogen-bond donors (Lipinski definition) is 1. The van der Waals surface area contributed by atoms with Gasteiger partial charge in [0, 0.05) is 0 Å². The molecule has 0 rings (SSSR count). The first-order chi connectivity index (χ1) is 12.8. The van der Waals surface area contributed by atoms with Crippen molar-refractivity contribution in [1.82, 2.24) is 0 Å². The number of hydrogen-bond acceptors (Lipinski definition) is 3. The largest absolute Gasteiger partial charge is 0.462 e. The normalized spacial score (nSPS) is 14.4. The summed E-state index contributed by atoms with van der Waals surface area (Å²) >= 11 is 0. The Bertz CT molecular complexity index is 372. The first kappa shape index (κ1) is 27.3. The molecule has 1 atom stereocenters. The molecule has 4 nitrogen and oxygen atoms in total. The van der Waals surface area contributed by atoms with Crippen LogP contribution in [0.5, 0.6) is 0 Å². The summed E-state index contributed by atoms with van der Waals surface area (Å²) in [5, 5.41) is 0. The SMILES string of the molecule is CCCCCCCCCCCCCCCCCCOP(=O)(O)O[Si](C)(C)C. The van der Waals surface area contributed by atoms with Crippen molar-refractivity contribution < 1.29 is 18.2 Å². The molecule has 1 N–H and O–H groups in total. The lowest BCUT2D eigenvalue weighted by Gasteiger charge is -2.21. The van der Waals surface area contributed by atoms with E-state index < -0.39 is 16.1 Å². The monoisotopic (exact) mass is 422 g/mol. The van der Waals surface area contributed by atoms with E-state index in [1.54, 1.807) is 0 Å².